The highest BCUT2D eigenvalue weighted by Gasteiger charge is 2.13. The Balaban J connectivity index is 1.53. The minimum atomic E-state index is -0.529. The molecule has 2 aromatic carbocycles. The van der Waals surface area contributed by atoms with Gasteiger partial charge in [0, 0.05) is 29.2 Å². The summed E-state index contributed by atoms with van der Waals surface area (Å²) in [6.07, 6.45) is 4.50. The molecule has 4 heteroatoms. The van der Waals surface area contributed by atoms with Crippen LogP contribution in [0.2, 0.25) is 0 Å². The molecule has 0 spiro atoms. The Hall–Kier alpha value is -2.30. The van der Waals surface area contributed by atoms with Crippen molar-refractivity contribution < 1.29 is 9.84 Å². The number of aromatic amines is 1. The van der Waals surface area contributed by atoms with Gasteiger partial charge in [-0.1, -0.05) is 30.3 Å². The molecule has 0 aliphatic heterocycles. The van der Waals surface area contributed by atoms with Crippen LogP contribution in [0.4, 0.5) is 0 Å². The van der Waals surface area contributed by atoms with Crippen LogP contribution in [0, 0.1) is 0 Å². The number of aliphatic hydroxyl groups is 1. The highest BCUT2D eigenvalue weighted by molar-refractivity contribution is 5.82. The molecule has 0 saturated carbocycles. The highest BCUT2D eigenvalue weighted by Crippen LogP contribution is 2.23. The van der Waals surface area contributed by atoms with Crippen LogP contribution in [-0.4, -0.2) is 34.9 Å². The first-order valence-corrected chi connectivity index (χ1v) is 10.1. The van der Waals surface area contributed by atoms with E-state index in [0.717, 1.165) is 25.0 Å². The minimum absolute atomic E-state index is 0.0127. The van der Waals surface area contributed by atoms with Crippen molar-refractivity contribution in [3.05, 3.63) is 65.9 Å². The molecule has 0 radical (unpaired) electrons. The van der Waals surface area contributed by atoms with E-state index in [1.807, 2.05) is 24.4 Å². The number of aliphatic hydroxyl groups excluding tert-OH is 1. The van der Waals surface area contributed by atoms with Gasteiger partial charge in [0.05, 0.1) is 0 Å². The van der Waals surface area contributed by atoms with Crippen molar-refractivity contribution in [3.63, 3.8) is 0 Å². The minimum Gasteiger partial charge on any atom is -0.491 e. The summed E-state index contributed by atoms with van der Waals surface area (Å²) in [4.78, 5) is 3.28. The Kier molecular flexibility index (Phi) is 6.76. The number of aromatic nitrogens is 1. The summed E-state index contributed by atoms with van der Waals surface area (Å²) in [5.74, 6) is 0.872. The predicted molar refractivity (Wildman–Crippen MR) is 116 cm³/mol. The Labute approximate surface area is 167 Å². The summed E-state index contributed by atoms with van der Waals surface area (Å²) in [7, 11) is 0. The van der Waals surface area contributed by atoms with Gasteiger partial charge in [-0.3, -0.25) is 0 Å². The summed E-state index contributed by atoms with van der Waals surface area (Å²) in [6, 6.07) is 16.7. The van der Waals surface area contributed by atoms with E-state index in [4.69, 9.17) is 4.74 Å². The largest absolute Gasteiger partial charge is 0.491 e. The first kappa shape index (κ1) is 20.4. The van der Waals surface area contributed by atoms with Crippen LogP contribution in [-0.2, 0) is 12.8 Å². The molecule has 0 fully saturated rings. The maximum Gasteiger partial charge on any atom is 0.122 e. The fraction of sp³-hybridized carbons (Fsp3) is 0.417. The van der Waals surface area contributed by atoms with Gasteiger partial charge in [0.2, 0.25) is 0 Å². The molecule has 3 aromatic rings. The van der Waals surface area contributed by atoms with E-state index in [1.165, 1.54) is 22.0 Å². The number of hydrogen-bond acceptors (Lipinski definition) is 3. The average molecular weight is 381 g/mol. The van der Waals surface area contributed by atoms with Gasteiger partial charge in [-0.2, -0.15) is 0 Å². The first-order valence-electron chi connectivity index (χ1n) is 10.1. The van der Waals surface area contributed by atoms with Crippen molar-refractivity contribution in [2.75, 3.05) is 13.2 Å². The quantitative estimate of drug-likeness (QED) is 0.513. The third kappa shape index (κ3) is 5.85. The lowest BCUT2D eigenvalue weighted by molar-refractivity contribution is 0.0995. The smallest absolute Gasteiger partial charge is 0.122 e. The number of ether oxygens (including phenoxy) is 1. The van der Waals surface area contributed by atoms with Crippen LogP contribution >= 0.6 is 0 Å². The molecular weight excluding hydrogens is 348 g/mol. The average Bonchev–Trinajstić information content (AvgIpc) is 3.15. The first-order chi connectivity index (χ1) is 13.4. The van der Waals surface area contributed by atoms with E-state index < -0.39 is 6.10 Å². The molecule has 4 nitrogen and oxygen atoms in total. The molecular formula is C24H32N2O2. The summed E-state index contributed by atoms with van der Waals surface area (Å²) in [5, 5.41) is 14.8. The van der Waals surface area contributed by atoms with Crippen molar-refractivity contribution >= 4 is 10.9 Å². The van der Waals surface area contributed by atoms with E-state index in [2.05, 4.69) is 61.4 Å². The number of fused-ring (bicyclic) bond motifs is 1. The number of nitrogens with one attached hydrogen (secondary N) is 2. The second kappa shape index (κ2) is 9.26. The third-order valence-electron chi connectivity index (χ3n) is 4.85. The number of aryl methyl sites for hydroxylation is 2. The van der Waals surface area contributed by atoms with E-state index in [9.17, 15) is 5.11 Å². The molecule has 0 amide bonds. The molecule has 0 aliphatic carbocycles. The zero-order valence-electron chi connectivity index (χ0n) is 17.2. The molecule has 150 valence electrons. The van der Waals surface area contributed by atoms with Crippen molar-refractivity contribution in [2.45, 2.75) is 51.7 Å². The number of hydrogen-bond donors (Lipinski definition) is 3. The SMILES string of the molecule is CC(C)(C)NCC(O)COc1ccccc1CCCc1cccc2[nH]ccc12. The Bertz CT molecular complexity index is 879. The number of β-amino-alcohol motifs (C(OH)–C–C–N with tert-alkyl or cyclic N) is 1. The van der Waals surface area contributed by atoms with E-state index in [0.29, 0.717) is 13.2 Å². The van der Waals surface area contributed by atoms with Gasteiger partial charge in [0.25, 0.3) is 0 Å². The van der Waals surface area contributed by atoms with Crippen molar-refractivity contribution in [1.82, 2.24) is 10.3 Å². The number of H-pyrrole nitrogens is 1. The molecule has 3 N–H and O–H groups in total. The molecule has 0 bridgehead atoms. The molecule has 28 heavy (non-hydrogen) atoms. The lowest BCUT2D eigenvalue weighted by Crippen LogP contribution is -2.42. The van der Waals surface area contributed by atoms with Gasteiger partial charge in [0.1, 0.15) is 18.5 Å². The van der Waals surface area contributed by atoms with Gasteiger partial charge in [0.15, 0.2) is 0 Å². The lowest BCUT2D eigenvalue weighted by Gasteiger charge is -2.23. The Morgan fingerprint density at radius 2 is 1.75 bits per heavy atom. The molecule has 1 unspecified atom stereocenters. The summed E-state index contributed by atoms with van der Waals surface area (Å²) < 4.78 is 5.93. The zero-order valence-corrected chi connectivity index (χ0v) is 17.2. The van der Waals surface area contributed by atoms with Crippen molar-refractivity contribution in [2.24, 2.45) is 0 Å². The third-order valence-corrected chi connectivity index (χ3v) is 4.85. The highest BCUT2D eigenvalue weighted by atomic mass is 16.5. The van der Waals surface area contributed by atoms with Crippen LogP contribution in [0.25, 0.3) is 10.9 Å². The fourth-order valence-electron chi connectivity index (χ4n) is 3.36. The fourth-order valence-corrected chi connectivity index (χ4v) is 3.36. The van der Waals surface area contributed by atoms with Gasteiger partial charge in [-0.05, 0) is 69.4 Å². The second-order valence-corrected chi connectivity index (χ2v) is 8.41. The molecule has 1 heterocycles. The van der Waals surface area contributed by atoms with Crippen LogP contribution in [0.1, 0.15) is 38.3 Å². The zero-order chi connectivity index (χ0) is 20.0. The van der Waals surface area contributed by atoms with Crippen molar-refractivity contribution in [1.29, 1.82) is 0 Å². The Morgan fingerprint density at radius 3 is 2.57 bits per heavy atom. The topological polar surface area (TPSA) is 57.3 Å². The van der Waals surface area contributed by atoms with Crippen molar-refractivity contribution in [3.8, 4) is 5.75 Å². The maximum atomic E-state index is 10.2. The summed E-state index contributed by atoms with van der Waals surface area (Å²) in [6.45, 7) is 7.08. The number of rotatable bonds is 9. The number of para-hydroxylation sites is 1. The molecule has 0 aliphatic rings. The summed E-state index contributed by atoms with van der Waals surface area (Å²) in [5.41, 5.74) is 3.75. The van der Waals surface area contributed by atoms with Gasteiger partial charge < -0.3 is 20.1 Å². The van der Waals surface area contributed by atoms with Crippen LogP contribution in [0.15, 0.2) is 54.7 Å². The lowest BCUT2D eigenvalue weighted by atomic mass is 10.0. The molecule has 1 atom stereocenters. The van der Waals surface area contributed by atoms with Gasteiger partial charge >= 0.3 is 0 Å². The predicted octanol–water partition coefficient (Wildman–Crippen LogP) is 4.47. The van der Waals surface area contributed by atoms with E-state index >= 15 is 0 Å². The second-order valence-electron chi connectivity index (χ2n) is 8.41. The molecule has 3 rings (SSSR count). The van der Waals surface area contributed by atoms with Crippen LogP contribution in [0.3, 0.4) is 0 Å². The molecule has 1 aromatic heterocycles. The standard InChI is InChI=1S/C24H32N2O2/c1-24(2,3)26-16-20(27)17-28-23-13-5-4-8-19(23)11-6-9-18-10-7-12-22-21(18)14-15-25-22/h4-5,7-8,10,12-15,20,25-27H,6,9,11,16-17H2,1-3H3. The monoisotopic (exact) mass is 380 g/mol. The Morgan fingerprint density at radius 1 is 1.00 bits per heavy atom. The summed E-state index contributed by atoms with van der Waals surface area (Å²) >= 11 is 0. The maximum absolute atomic E-state index is 10.2. The van der Waals surface area contributed by atoms with Crippen LogP contribution < -0.4 is 10.1 Å². The normalized spacial score (nSPS) is 13.0. The van der Waals surface area contributed by atoms with E-state index in [1.54, 1.807) is 0 Å². The van der Waals surface area contributed by atoms with Crippen LogP contribution in [0.5, 0.6) is 5.75 Å². The van der Waals surface area contributed by atoms with Gasteiger partial charge in [-0.25, -0.2) is 0 Å². The molecule has 0 saturated heterocycles. The number of benzene rings is 2. The van der Waals surface area contributed by atoms with Gasteiger partial charge in [-0.15, -0.1) is 0 Å². The van der Waals surface area contributed by atoms with E-state index in [-0.39, 0.29) is 5.54 Å².